The van der Waals surface area contributed by atoms with Gasteiger partial charge in [0.05, 0.1) is 38.3 Å². The lowest BCUT2D eigenvalue weighted by atomic mass is 9.94. The molecule has 3 fully saturated rings. The minimum Gasteiger partial charge on any atom is -0.332 e. The van der Waals surface area contributed by atoms with Crippen molar-refractivity contribution in [1.82, 2.24) is 0 Å². The van der Waals surface area contributed by atoms with Crippen LogP contribution in [0.25, 0.3) is 0 Å². The van der Waals surface area contributed by atoms with Crippen molar-refractivity contribution in [2.45, 2.75) is 70.4 Å². The molecule has 0 bridgehead atoms. The Kier molecular flexibility index (Phi) is 4.25. The largest absolute Gasteiger partial charge is 0.332 e. The Balaban J connectivity index is 1.44. The van der Waals surface area contributed by atoms with Crippen LogP contribution in [0.3, 0.4) is 0 Å². The summed E-state index contributed by atoms with van der Waals surface area (Å²) in [5, 5.41) is 0. The molecule has 2 heteroatoms. The zero-order valence-corrected chi connectivity index (χ0v) is 12.2. The first-order valence-corrected chi connectivity index (χ1v) is 8.52. The van der Waals surface area contributed by atoms with Gasteiger partial charge in [-0.2, -0.15) is 0 Å². The van der Waals surface area contributed by atoms with Crippen LogP contribution in [0, 0.1) is 5.92 Å². The molecule has 0 radical (unpaired) electrons. The highest BCUT2D eigenvalue weighted by Gasteiger charge is 2.35. The van der Waals surface area contributed by atoms with Crippen molar-refractivity contribution in [3.8, 4) is 0 Å². The van der Waals surface area contributed by atoms with E-state index in [0.717, 1.165) is 18.0 Å². The van der Waals surface area contributed by atoms with Crippen LogP contribution < -0.4 is 9.80 Å². The van der Waals surface area contributed by atoms with Crippen LogP contribution in [0.15, 0.2) is 0 Å². The third kappa shape index (κ3) is 2.91. The first-order chi connectivity index (χ1) is 8.83. The molecule has 0 aromatic carbocycles. The van der Waals surface area contributed by atoms with Gasteiger partial charge in [-0.05, 0) is 44.4 Å². The maximum absolute atomic E-state index is 2.43. The van der Waals surface area contributed by atoms with Gasteiger partial charge in [0.15, 0.2) is 0 Å². The summed E-state index contributed by atoms with van der Waals surface area (Å²) in [5.74, 6) is 0.998. The van der Waals surface area contributed by atoms with Crippen LogP contribution in [0.4, 0.5) is 0 Å². The van der Waals surface area contributed by atoms with Crippen LogP contribution in [0.5, 0.6) is 0 Å². The fraction of sp³-hybridized carbons (Fsp3) is 1.00. The molecule has 18 heavy (non-hydrogen) atoms. The molecule has 0 spiro atoms. The second kappa shape index (κ2) is 5.92. The van der Waals surface area contributed by atoms with E-state index < -0.39 is 0 Å². The molecule has 0 amide bonds. The first-order valence-electron chi connectivity index (χ1n) is 8.52. The Hall–Kier alpha value is -0.0800. The van der Waals surface area contributed by atoms with Crippen molar-refractivity contribution in [2.75, 3.05) is 26.2 Å². The molecule has 1 aliphatic carbocycles. The van der Waals surface area contributed by atoms with E-state index in [1.54, 1.807) is 0 Å². The highest BCUT2D eigenvalue weighted by Crippen LogP contribution is 2.16. The lowest BCUT2D eigenvalue weighted by molar-refractivity contribution is -0.970. The molecule has 3 aliphatic rings. The lowest BCUT2D eigenvalue weighted by Crippen LogP contribution is -3.22. The topological polar surface area (TPSA) is 8.88 Å². The van der Waals surface area contributed by atoms with Crippen molar-refractivity contribution in [3.05, 3.63) is 0 Å². The van der Waals surface area contributed by atoms with Crippen molar-refractivity contribution >= 4 is 0 Å². The normalized spacial score (nSPS) is 43.2. The minimum atomic E-state index is 0.998. The Bertz CT molecular complexity index is 244. The number of nitrogens with one attached hydrogen (secondary N) is 2. The molecule has 3 rings (SSSR count). The second-order valence-corrected chi connectivity index (χ2v) is 7.25. The average molecular weight is 252 g/mol. The summed E-state index contributed by atoms with van der Waals surface area (Å²) in [6.45, 7) is 8.32. The van der Waals surface area contributed by atoms with E-state index in [1.165, 1.54) is 77.5 Å². The van der Waals surface area contributed by atoms with Crippen LogP contribution in [0.2, 0.25) is 0 Å². The van der Waals surface area contributed by atoms with E-state index in [1.807, 2.05) is 9.80 Å². The van der Waals surface area contributed by atoms with E-state index in [-0.39, 0.29) is 0 Å². The molecule has 1 saturated carbocycles. The lowest BCUT2D eigenvalue weighted by Gasteiger charge is -2.38. The predicted octanol–water partition coefficient (Wildman–Crippen LogP) is 0.291. The van der Waals surface area contributed by atoms with Crippen LogP contribution in [-0.4, -0.2) is 38.3 Å². The molecule has 2 N–H and O–H groups in total. The van der Waals surface area contributed by atoms with Crippen molar-refractivity contribution in [3.63, 3.8) is 0 Å². The average Bonchev–Trinajstić information content (AvgIpc) is 2.94. The number of hydrogen-bond acceptors (Lipinski definition) is 0. The molecule has 2 saturated heterocycles. The molecule has 2 heterocycles. The fourth-order valence-corrected chi connectivity index (χ4v) is 4.68. The van der Waals surface area contributed by atoms with E-state index in [0.29, 0.717) is 0 Å². The molecule has 0 atom stereocenters. The van der Waals surface area contributed by atoms with Crippen LogP contribution in [-0.2, 0) is 0 Å². The first kappa shape index (κ1) is 12.9. The summed E-state index contributed by atoms with van der Waals surface area (Å²) in [6.07, 6.45) is 12.0. The summed E-state index contributed by atoms with van der Waals surface area (Å²) in [6, 6.07) is 2.06. The standard InChI is InChI=1S/C16H30N2/c1-14-6-10-17(11-7-14)16-8-12-18(13-9-16)15-4-2-3-5-15/h14-16H,2-13H2,1H3/p+2. The summed E-state index contributed by atoms with van der Waals surface area (Å²) in [7, 11) is 0. The number of hydrogen-bond donors (Lipinski definition) is 2. The van der Waals surface area contributed by atoms with Gasteiger partial charge in [0.25, 0.3) is 0 Å². The zero-order valence-electron chi connectivity index (χ0n) is 12.2. The zero-order chi connectivity index (χ0) is 12.4. The van der Waals surface area contributed by atoms with Gasteiger partial charge >= 0.3 is 0 Å². The van der Waals surface area contributed by atoms with Crippen LogP contribution in [0.1, 0.15) is 58.3 Å². The SMILES string of the molecule is CC1CC[NH+](C2CC[NH+](C3CCCC3)CC2)CC1. The van der Waals surface area contributed by atoms with Gasteiger partial charge in [-0.1, -0.05) is 6.92 Å². The van der Waals surface area contributed by atoms with Gasteiger partial charge < -0.3 is 9.80 Å². The van der Waals surface area contributed by atoms with Gasteiger partial charge in [-0.3, -0.25) is 0 Å². The van der Waals surface area contributed by atoms with Gasteiger partial charge in [0, 0.05) is 12.8 Å². The summed E-state index contributed by atoms with van der Waals surface area (Å²) < 4.78 is 0. The maximum Gasteiger partial charge on any atom is 0.0983 e. The predicted molar refractivity (Wildman–Crippen MR) is 75.1 cm³/mol. The Morgan fingerprint density at radius 3 is 1.61 bits per heavy atom. The molecule has 0 aromatic heterocycles. The highest BCUT2D eigenvalue weighted by atomic mass is 15.2. The number of piperidine rings is 2. The summed E-state index contributed by atoms with van der Waals surface area (Å²) in [4.78, 5) is 3.92. The van der Waals surface area contributed by atoms with Crippen LogP contribution >= 0.6 is 0 Å². The van der Waals surface area contributed by atoms with E-state index >= 15 is 0 Å². The Morgan fingerprint density at radius 2 is 1.06 bits per heavy atom. The molecule has 104 valence electrons. The Labute approximate surface area is 113 Å². The van der Waals surface area contributed by atoms with Crippen molar-refractivity contribution in [1.29, 1.82) is 0 Å². The quantitative estimate of drug-likeness (QED) is 0.699. The van der Waals surface area contributed by atoms with Gasteiger partial charge in [0.1, 0.15) is 0 Å². The highest BCUT2D eigenvalue weighted by molar-refractivity contribution is 4.69. The third-order valence-corrected chi connectivity index (χ3v) is 6.05. The molecule has 0 unspecified atom stereocenters. The molecular weight excluding hydrogens is 220 g/mol. The smallest absolute Gasteiger partial charge is 0.0983 e. The fourth-order valence-electron chi connectivity index (χ4n) is 4.68. The van der Waals surface area contributed by atoms with Crippen molar-refractivity contribution in [2.24, 2.45) is 5.92 Å². The maximum atomic E-state index is 2.43. The van der Waals surface area contributed by atoms with Gasteiger partial charge in [-0.15, -0.1) is 0 Å². The molecule has 0 aromatic rings. The minimum absolute atomic E-state index is 0.998. The number of quaternary nitrogens is 2. The van der Waals surface area contributed by atoms with Gasteiger partial charge in [0.2, 0.25) is 0 Å². The molecule has 2 aliphatic heterocycles. The number of likely N-dealkylation sites (tertiary alicyclic amines) is 2. The van der Waals surface area contributed by atoms with E-state index in [2.05, 4.69) is 6.92 Å². The van der Waals surface area contributed by atoms with Crippen molar-refractivity contribution < 1.29 is 9.80 Å². The monoisotopic (exact) mass is 252 g/mol. The van der Waals surface area contributed by atoms with E-state index in [4.69, 9.17) is 0 Å². The Morgan fingerprint density at radius 1 is 0.611 bits per heavy atom. The summed E-state index contributed by atoms with van der Waals surface area (Å²) in [5.41, 5.74) is 0. The summed E-state index contributed by atoms with van der Waals surface area (Å²) >= 11 is 0. The third-order valence-electron chi connectivity index (χ3n) is 6.05. The second-order valence-electron chi connectivity index (χ2n) is 7.25. The van der Waals surface area contributed by atoms with Gasteiger partial charge in [-0.25, -0.2) is 0 Å². The number of rotatable bonds is 2. The molecular formula is C16H32N2+2. The molecule has 2 nitrogen and oxygen atoms in total. The van der Waals surface area contributed by atoms with E-state index in [9.17, 15) is 0 Å².